The lowest BCUT2D eigenvalue weighted by molar-refractivity contribution is -0.384. The summed E-state index contributed by atoms with van der Waals surface area (Å²) in [4.78, 5) is 46.2. The van der Waals surface area contributed by atoms with Crippen molar-refractivity contribution in [3.05, 3.63) is 33.9 Å². The Labute approximate surface area is 118 Å². The van der Waals surface area contributed by atoms with Crippen molar-refractivity contribution in [1.82, 2.24) is 0 Å². The smallest absolute Gasteiger partial charge is 0.337 e. The van der Waals surface area contributed by atoms with Crippen LogP contribution in [-0.4, -0.2) is 37.0 Å². The van der Waals surface area contributed by atoms with E-state index >= 15 is 0 Å². The Bertz CT molecular complexity index is 652. The number of anilines is 1. The highest BCUT2D eigenvalue weighted by atomic mass is 16.6. The number of methoxy groups -OCH3 is 2. The number of nitrogens with one attached hydrogen (secondary N) is 1. The molecule has 0 saturated heterocycles. The number of esters is 2. The number of nitro groups is 1. The number of carbonyl (C=O) groups is 3. The van der Waals surface area contributed by atoms with Crippen LogP contribution in [0.15, 0.2) is 18.2 Å². The van der Waals surface area contributed by atoms with Crippen LogP contribution >= 0.6 is 0 Å². The zero-order chi connectivity index (χ0) is 15.8. The molecule has 0 spiro atoms. The van der Waals surface area contributed by atoms with E-state index in [4.69, 9.17) is 0 Å². The molecule has 1 aliphatic rings. The maximum absolute atomic E-state index is 12.2. The van der Waals surface area contributed by atoms with Gasteiger partial charge in [0.2, 0.25) is 0 Å². The fraction of sp³-hybridized carbons (Fsp3) is 0.250. The standard InChI is InChI=1S/C12H10N2O7/c1-20-10(16)12(11(17)21-2)7-4-3-6(14(18)19)5-8(7)13-9(12)15/h3-5H,1-2H3,(H,13,15). The first-order valence-electron chi connectivity index (χ1n) is 5.66. The Morgan fingerprint density at radius 2 is 1.81 bits per heavy atom. The lowest BCUT2D eigenvalue weighted by atomic mass is 9.81. The summed E-state index contributed by atoms with van der Waals surface area (Å²) >= 11 is 0. The quantitative estimate of drug-likeness (QED) is 0.363. The number of nitrogens with zero attached hydrogens (tertiary/aromatic N) is 1. The molecule has 0 fully saturated rings. The van der Waals surface area contributed by atoms with E-state index in [-0.39, 0.29) is 16.9 Å². The zero-order valence-corrected chi connectivity index (χ0v) is 11.0. The molecule has 1 N–H and O–H groups in total. The summed E-state index contributed by atoms with van der Waals surface area (Å²) in [7, 11) is 2.04. The van der Waals surface area contributed by atoms with Crippen molar-refractivity contribution in [2.75, 3.05) is 19.5 Å². The molecule has 0 aromatic heterocycles. The fourth-order valence-electron chi connectivity index (χ4n) is 2.21. The minimum atomic E-state index is -2.31. The highest BCUT2D eigenvalue weighted by molar-refractivity contribution is 6.32. The van der Waals surface area contributed by atoms with Crippen LogP contribution in [0.2, 0.25) is 0 Å². The van der Waals surface area contributed by atoms with E-state index < -0.39 is 28.2 Å². The lowest BCUT2D eigenvalue weighted by Gasteiger charge is -2.21. The lowest BCUT2D eigenvalue weighted by Crippen LogP contribution is -2.50. The van der Waals surface area contributed by atoms with Gasteiger partial charge in [0.15, 0.2) is 0 Å². The second kappa shape index (κ2) is 4.85. The third-order valence-electron chi connectivity index (χ3n) is 3.19. The number of hydrogen-bond donors (Lipinski definition) is 1. The number of rotatable bonds is 3. The highest BCUT2D eigenvalue weighted by Gasteiger charge is 2.61. The summed E-state index contributed by atoms with van der Waals surface area (Å²) in [6, 6.07) is 3.29. The molecule has 0 atom stereocenters. The van der Waals surface area contributed by atoms with Gasteiger partial charge in [0.05, 0.1) is 24.8 Å². The molecule has 2 rings (SSSR count). The van der Waals surface area contributed by atoms with Crippen molar-refractivity contribution in [1.29, 1.82) is 0 Å². The Kier molecular flexibility index (Phi) is 3.34. The predicted octanol–water partition coefficient (Wildman–Crippen LogP) is 0.131. The van der Waals surface area contributed by atoms with E-state index in [0.29, 0.717) is 0 Å². The first-order valence-corrected chi connectivity index (χ1v) is 5.66. The topological polar surface area (TPSA) is 125 Å². The van der Waals surface area contributed by atoms with E-state index in [0.717, 1.165) is 32.4 Å². The van der Waals surface area contributed by atoms with E-state index in [1.54, 1.807) is 0 Å². The summed E-state index contributed by atoms with van der Waals surface area (Å²) in [6.45, 7) is 0. The Morgan fingerprint density at radius 3 is 2.29 bits per heavy atom. The number of non-ortho nitro benzene ring substituents is 1. The summed E-state index contributed by atoms with van der Waals surface area (Å²) in [5, 5.41) is 13.0. The Balaban J connectivity index is 2.71. The van der Waals surface area contributed by atoms with Gasteiger partial charge in [-0.15, -0.1) is 0 Å². The van der Waals surface area contributed by atoms with Crippen LogP contribution < -0.4 is 5.32 Å². The molecule has 0 bridgehead atoms. The van der Waals surface area contributed by atoms with Gasteiger partial charge < -0.3 is 14.8 Å². The molecule has 0 radical (unpaired) electrons. The number of carbonyl (C=O) groups excluding carboxylic acids is 3. The van der Waals surface area contributed by atoms with Crippen LogP contribution in [0.3, 0.4) is 0 Å². The molecule has 0 aliphatic carbocycles. The maximum atomic E-state index is 12.2. The number of nitro benzene ring substituents is 1. The van der Waals surface area contributed by atoms with Gasteiger partial charge in [-0.1, -0.05) is 0 Å². The van der Waals surface area contributed by atoms with Gasteiger partial charge in [-0.2, -0.15) is 0 Å². The minimum Gasteiger partial charge on any atom is -0.468 e. The van der Waals surface area contributed by atoms with E-state index in [1.165, 1.54) is 0 Å². The van der Waals surface area contributed by atoms with Gasteiger partial charge in [-0.05, 0) is 6.07 Å². The molecule has 0 saturated carbocycles. The monoisotopic (exact) mass is 294 g/mol. The van der Waals surface area contributed by atoms with Crippen LogP contribution in [0.25, 0.3) is 0 Å². The molecule has 1 amide bonds. The molecule has 1 heterocycles. The molecular formula is C12H10N2O7. The van der Waals surface area contributed by atoms with Crippen LogP contribution in [-0.2, 0) is 29.3 Å². The SMILES string of the molecule is COC(=O)C1(C(=O)OC)C(=O)Nc2cc([N+](=O)[O-])ccc21. The summed E-state index contributed by atoms with van der Waals surface area (Å²) < 4.78 is 9.06. The molecule has 110 valence electrons. The molecule has 1 aromatic carbocycles. The first-order chi connectivity index (χ1) is 9.89. The van der Waals surface area contributed by atoms with Crippen molar-refractivity contribution in [3.8, 4) is 0 Å². The van der Waals surface area contributed by atoms with Gasteiger partial charge in [0, 0.05) is 17.7 Å². The zero-order valence-electron chi connectivity index (χ0n) is 11.0. The van der Waals surface area contributed by atoms with Gasteiger partial charge in [-0.3, -0.25) is 14.9 Å². The van der Waals surface area contributed by atoms with Gasteiger partial charge in [0.25, 0.3) is 17.0 Å². The summed E-state index contributed by atoms with van der Waals surface area (Å²) in [5.74, 6) is -3.23. The average molecular weight is 294 g/mol. The number of hydrogen-bond acceptors (Lipinski definition) is 7. The molecule has 21 heavy (non-hydrogen) atoms. The van der Waals surface area contributed by atoms with Crippen molar-refractivity contribution >= 4 is 29.2 Å². The van der Waals surface area contributed by atoms with E-state index in [9.17, 15) is 24.5 Å². The molecule has 9 nitrogen and oxygen atoms in total. The van der Waals surface area contributed by atoms with Crippen LogP contribution in [0, 0.1) is 10.1 Å². The normalized spacial score (nSPS) is 14.9. The van der Waals surface area contributed by atoms with E-state index in [1.807, 2.05) is 0 Å². The molecule has 1 aliphatic heterocycles. The predicted molar refractivity (Wildman–Crippen MR) is 67.4 cm³/mol. The highest BCUT2D eigenvalue weighted by Crippen LogP contribution is 2.41. The fourth-order valence-corrected chi connectivity index (χ4v) is 2.21. The second-order valence-electron chi connectivity index (χ2n) is 4.17. The van der Waals surface area contributed by atoms with Gasteiger partial charge in [-0.25, -0.2) is 9.59 Å². The van der Waals surface area contributed by atoms with Crippen LogP contribution in [0.4, 0.5) is 11.4 Å². The Hall–Kier alpha value is -2.97. The number of ether oxygens (including phenoxy) is 2. The number of benzene rings is 1. The second-order valence-corrected chi connectivity index (χ2v) is 4.17. The average Bonchev–Trinajstić information content (AvgIpc) is 2.77. The third-order valence-corrected chi connectivity index (χ3v) is 3.19. The molecular weight excluding hydrogens is 284 g/mol. The van der Waals surface area contributed by atoms with Crippen molar-refractivity contribution in [3.63, 3.8) is 0 Å². The van der Waals surface area contributed by atoms with Gasteiger partial charge >= 0.3 is 11.9 Å². The molecule has 0 unspecified atom stereocenters. The Morgan fingerprint density at radius 1 is 1.24 bits per heavy atom. The summed E-state index contributed by atoms with van der Waals surface area (Å²) in [6.07, 6.45) is 0. The van der Waals surface area contributed by atoms with Crippen molar-refractivity contribution < 1.29 is 28.8 Å². The van der Waals surface area contributed by atoms with Crippen molar-refractivity contribution in [2.24, 2.45) is 0 Å². The number of fused-ring (bicyclic) bond motifs is 1. The third kappa shape index (κ3) is 1.82. The van der Waals surface area contributed by atoms with Crippen LogP contribution in [0.1, 0.15) is 5.56 Å². The molecule has 1 aromatic rings. The first kappa shape index (κ1) is 14.4. The van der Waals surface area contributed by atoms with Crippen molar-refractivity contribution in [2.45, 2.75) is 5.41 Å². The largest absolute Gasteiger partial charge is 0.468 e. The minimum absolute atomic E-state index is 0.00926. The number of amides is 1. The van der Waals surface area contributed by atoms with E-state index in [2.05, 4.69) is 14.8 Å². The van der Waals surface area contributed by atoms with Crippen LogP contribution in [0.5, 0.6) is 0 Å². The summed E-state index contributed by atoms with van der Waals surface area (Å²) in [5.41, 5.74) is -2.66. The molecule has 9 heteroatoms. The maximum Gasteiger partial charge on any atom is 0.337 e. The van der Waals surface area contributed by atoms with Gasteiger partial charge in [0.1, 0.15) is 0 Å².